The Morgan fingerprint density at radius 3 is 2.76 bits per heavy atom. The molecule has 1 aromatic rings. The maximum atomic E-state index is 11.8. The van der Waals surface area contributed by atoms with E-state index in [4.69, 9.17) is 0 Å². The van der Waals surface area contributed by atoms with Crippen LogP contribution >= 0.6 is 12.4 Å². The fraction of sp³-hybridized carbons (Fsp3) is 0.462. The maximum absolute atomic E-state index is 11.8. The van der Waals surface area contributed by atoms with E-state index in [2.05, 4.69) is 28.8 Å². The zero-order valence-corrected chi connectivity index (χ0v) is 10.4. The number of carbonyl (C=O) groups is 1. The molecule has 2 aliphatic rings. The molecule has 1 aliphatic heterocycles. The van der Waals surface area contributed by atoms with Crippen molar-refractivity contribution in [2.45, 2.75) is 18.9 Å². The zero-order chi connectivity index (χ0) is 11.0. The zero-order valence-electron chi connectivity index (χ0n) is 9.61. The average Bonchev–Trinajstić information content (AvgIpc) is 2.59. The summed E-state index contributed by atoms with van der Waals surface area (Å²) in [5.41, 5.74) is 2.70. The van der Waals surface area contributed by atoms with Gasteiger partial charge in [-0.1, -0.05) is 24.3 Å². The fourth-order valence-electron chi connectivity index (χ4n) is 2.47. The molecular formula is C13H17ClN2O. The van der Waals surface area contributed by atoms with Crippen LogP contribution in [0.15, 0.2) is 24.3 Å². The second-order valence-electron chi connectivity index (χ2n) is 4.65. The molecule has 1 fully saturated rings. The smallest absolute Gasteiger partial charge is 0.226 e. The molecule has 92 valence electrons. The summed E-state index contributed by atoms with van der Waals surface area (Å²) in [6, 6.07) is 8.65. The van der Waals surface area contributed by atoms with E-state index in [0.29, 0.717) is 0 Å². The Bertz CT molecular complexity index is 418. The van der Waals surface area contributed by atoms with Gasteiger partial charge in [-0.3, -0.25) is 4.79 Å². The van der Waals surface area contributed by atoms with Crippen LogP contribution in [-0.4, -0.2) is 19.0 Å². The van der Waals surface area contributed by atoms with Crippen LogP contribution in [-0.2, 0) is 11.2 Å². The molecule has 1 aliphatic carbocycles. The van der Waals surface area contributed by atoms with Crippen molar-refractivity contribution in [3.63, 3.8) is 0 Å². The molecule has 0 saturated carbocycles. The summed E-state index contributed by atoms with van der Waals surface area (Å²) in [4.78, 5) is 11.8. The SMILES string of the molecule is Cl.O=C(NC1CCc2ccccc21)C1CNC1. The average molecular weight is 253 g/mol. The molecule has 1 saturated heterocycles. The van der Waals surface area contributed by atoms with Crippen LogP contribution in [0.3, 0.4) is 0 Å². The molecule has 2 N–H and O–H groups in total. The molecule has 1 amide bonds. The van der Waals surface area contributed by atoms with E-state index in [1.54, 1.807) is 0 Å². The van der Waals surface area contributed by atoms with Crippen molar-refractivity contribution in [1.82, 2.24) is 10.6 Å². The number of nitrogens with one attached hydrogen (secondary N) is 2. The number of fused-ring (bicyclic) bond motifs is 1. The third-order valence-electron chi connectivity index (χ3n) is 3.60. The molecule has 3 rings (SSSR count). The molecule has 0 aromatic heterocycles. The predicted molar refractivity (Wildman–Crippen MR) is 69.3 cm³/mol. The number of carbonyl (C=O) groups excluding carboxylic acids is 1. The molecule has 1 aromatic carbocycles. The number of rotatable bonds is 2. The van der Waals surface area contributed by atoms with Crippen molar-refractivity contribution >= 4 is 18.3 Å². The van der Waals surface area contributed by atoms with Crippen molar-refractivity contribution in [3.05, 3.63) is 35.4 Å². The van der Waals surface area contributed by atoms with Gasteiger partial charge in [0.1, 0.15) is 0 Å². The summed E-state index contributed by atoms with van der Waals surface area (Å²) in [7, 11) is 0. The summed E-state index contributed by atoms with van der Waals surface area (Å²) in [5, 5.41) is 6.28. The summed E-state index contributed by atoms with van der Waals surface area (Å²) in [5.74, 6) is 0.396. The largest absolute Gasteiger partial charge is 0.349 e. The fourth-order valence-corrected chi connectivity index (χ4v) is 2.47. The standard InChI is InChI=1S/C13H16N2O.ClH/c16-13(10-7-14-8-10)15-12-6-5-9-3-1-2-4-11(9)12;/h1-4,10,12,14H,5-8H2,(H,15,16);1H. The molecule has 0 spiro atoms. The highest BCUT2D eigenvalue weighted by Crippen LogP contribution is 2.30. The van der Waals surface area contributed by atoms with Crippen LogP contribution in [0.5, 0.6) is 0 Å². The normalized spacial score (nSPS) is 22.2. The third-order valence-corrected chi connectivity index (χ3v) is 3.60. The topological polar surface area (TPSA) is 41.1 Å². The Morgan fingerprint density at radius 1 is 1.29 bits per heavy atom. The summed E-state index contributed by atoms with van der Waals surface area (Å²) < 4.78 is 0. The summed E-state index contributed by atoms with van der Waals surface area (Å²) in [6.45, 7) is 1.67. The first-order chi connectivity index (χ1) is 7.84. The van der Waals surface area contributed by atoms with E-state index >= 15 is 0 Å². The highest BCUT2D eigenvalue weighted by molar-refractivity contribution is 5.85. The van der Waals surface area contributed by atoms with Gasteiger partial charge in [0.2, 0.25) is 5.91 Å². The monoisotopic (exact) mass is 252 g/mol. The lowest BCUT2D eigenvalue weighted by Gasteiger charge is -2.27. The summed E-state index contributed by atoms with van der Waals surface area (Å²) in [6.07, 6.45) is 2.13. The molecule has 0 radical (unpaired) electrons. The third kappa shape index (κ3) is 2.31. The summed E-state index contributed by atoms with van der Waals surface area (Å²) >= 11 is 0. The lowest BCUT2D eigenvalue weighted by atomic mass is 10.0. The molecule has 0 bridgehead atoms. The van der Waals surface area contributed by atoms with Crippen LogP contribution < -0.4 is 10.6 Å². The maximum Gasteiger partial charge on any atom is 0.226 e. The van der Waals surface area contributed by atoms with Gasteiger partial charge in [-0.15, -0.1) is 12.4 Å². The Morgan fingerprint density at radius 2 is 2.06 bits per heavy atom. The Balaban J connectivity index is 0.00000108. The number of halogens is 1. The Kier molecular flexibility index (Phi) is 3.69. The van der Waals surface area contributed by atoms with Crippen molar-refractivity contribution < 1.29 is 4.79 Å². The highest BCUT2D eigenvalue weighted by Gasteiger charge is 2.29. The van der Waals surface area contributed by atoms with Crippen LogP contribution in [0, 0.1) is 5.92 Å². The van der Waals surface area contributed by atoms with Gasteiger partial charge >= 0.3 is 0 Å². The Labute approximate surface area is 107 Å². The lowest BCUT2D eigenvalue weighted by Crippen LogP contribution is -2.51. The number of hydrogen-bond donors (Lipinski definition) is 2. The van der Waals surface area contributed by atoms with E-state index in [1.807, 2.05) is 6.07 Å². The van der Waals surface area contributed by atoms with Gasteiger partial charge in [-0.2, -0.15) is 0 Å². The van der Waals surface area contributed by atoms with Gasteiger partial charge < -0.3 is 10.6 Å². The first-order valence-corrected chi connectivity index (χ1v) is 5.93. The van der Waals surface area contributed by atoms with Gasteiger partial charge in [0.25, 0.3) is 0 Å². The van der Waals surface area contributed by atoms with E-state index in [1.165, 1.54) is 11.1 Å². The van der Waals surface area contributed by atoms with E-state index < -0.39 is 0 Å². The number of benzene rings is 1. The second kappa shape index (κ2) is 5.07. The Hall–Kier alpha value is -1.06. The number of aryl methyl sites for hydroxylation is 1. The van der Waals surface area contributed by atoms with E-state index in [-0.39, 0.29) is 30.3 Å². The van der Waals surface area contributed by atoms with E-state index in [9.17, 15) is 4.79 Å². The van der Waals surface area contributed by atoms with Crippen LogP contribution in [0.2, 0.25) is 0 Å². The minimum Gasteiger partial charge on any atom is -0.349 e. The van der Waals surface area contributed by atoms with Crippen LogP contribution in [0.4, 0.5) is 0 Å². The number of hydrogen-bond acceptors (Lipinski definition) is 2. The molecule has 1 heterocycles. The quantitative estimate of drug-likeness (QED) is 0.836. The minimum absolute atomic E-state index is 0. The highest BCUT2D eigenvalue weighted by atomic mass is 35.5. The van der Waals surface area contributed by atoms with Gasteiger partial charge in [0.05, 0.1) is 12.0 Å². The van der Waals surface area contributed by atoms with Crippen molar-refractivity contribution in [1.29, 1.82) is 0 Å². The van der Waals surface area contributed by atoms with Crippen LogP contribution in [0.25, 0.3) is 0 Å². The number of amides is 1. The van der Waals surface area contributed by atoms with Gasteiger partial charge in [-0.25, -0.2) is 0 Å². The van der Waals surface area contributed by atoms with Crippen molar-refractivity contribution in [2.24, 2.45) is 5.92 Å². The predicted octanol–water partition coefficient (Wildman–Crippen LogP) is 1.43. The first kappa shape index (κ1) is 12.4. The van der Waals surface area contributed by atoms with Crippen LogP contribution in [0.1, 0.15) is 23.6 Å². The van der Waals surface area contributed by atoms with Crippen molar-refractivity contribution in [2.75, 3.05) is 13.1 Å². The molecule has 3 nitrogen and oxygen atoms in total. The molecule has 1 unspecified atom stereocenters. The molecule has 4 heteroatoms. The van der Waals surface area contributed by atoms with Gasteiger partial charge in [-0.05, 0) is 24.0 Å². The minimum atomic E-state index is 0. The second-order valence-corrected chi connectivity index (χ2v) is 4.65. The van der Waals surface area contributed by atoms with Gasteiger partial charge in [0, 0.05) is 13.1 Å². The van der Waals surface area contributed by atoms with E-state index in [0.717, 1.165) is 25.9 Å². The van der Waals surface area contributed by atoms with Crippen molar-refractivity contribution in [3.8, 4) is 0 Å². The molecule has 1 atom stereocenters. The molecular weight excluding hydrogens is 236 g/mol. The van der Waals surface area contributed by atoms with Gasteiger partial charge in [0.15, 0.2) is 0 Å². The molecule has 17 heavy (non-hydrogen) atoms. The first-order valence-electron chi connectivity index (χ1n) is 5.93. The lowest BCUT2D eigenvalue weighted by molar-refractivity contribution is -0.127.